The first-order valence-electron chi connectivity index (χ1n) is 7.21. The van der Waals surface area contributed by atoms with Crippen LogP contribution in [0.15, 0.2) is 12.3 Å². The number of carboxylic acids is 1. The highest BCUT2D eigenvalue weighted by Gasteiger charge is 2.26. The van der Waals surface area contributed by atoms with Crippen molar-refractivity contribution in [3.05, 3.63) is 23.4 Å². The summed E-state index contributed by atoms with van der Waals surface area (Å²) < 4.78 is 0. The summed E-state index contributed by atoms with van der Waals surface area (Å²) in [7, 11) is 0. The van der Waals surface area contributed by atoms with Crippen molar-refractivity contribution in [3.63, 3.8) is 0 Å². The van der Waals surface area contributed by atoms with Gasteiger partial charge in [0.1, 0.15) is 5.82 Å². The fourth-order valence-corrected chi connectivity index (χ4v) is 2.86. The number of aliphatic carboxylic acids is 1. The van der Waals surface area contributed by atoms with Gasteiger partial charge in [0.05, 0.1) is 11.5 Å². The second-order valence-electron chi connectivity index (χ2n) is 5.65. The molecule has 6 heteroatoms. The van der Waals surface area contributed by atoms with Gasteiger partial charge in [-0.3, -0.25) is 9.59 Å². The largest absolute Gasteiger partial charge is 0.481 e. The summed E-state index contributed by atoms with van der Waals surface area (Å²) in [5, 5.41) is 12.2. The highest BCUT2D eigenvalue weighted by Crippen LogP contribution is 2.29. The number of nitrogens with one attached hydrogen (secondary N) is 1. The second kappa shape index (κ2) is 6.56. The lowest BCUT2D eigenvalue weighted by molar-refractivity contribution is -0.143. The number of aryl methyl sites for hydroxylation is 1. The minimum Gasteiger partial charge on any atom is -0.481 e. The van der Waals surface area contributed by atoms with Crippen LogP contribution in [-0.2, 0) is 4.79 Å². The first kappa shape index (κ1) is 15.3. The number of primary amides is 1. The van der Waals surface area contributed by atoms with E-state index in [0.717, 1.165) is 18.4 Å². The zero-order valence-corrected chi connectivity index (χ0v) is 12.1. The summed E-state index contributed by atoms with van der Waals surface area (Å²) in [5.41, 5.74) is 6.62. The molecule has 1 saturated carbocycles. The van der Waals surface area contributed by atoms with Crippen LogP contribution in [0.2, 0.25) is 0 Å². The van der Waals surface area contributed by atoms with E-state index in [4.69, 9.17) is 10.8 Å². The van der Waals surface area contributed by atoms with Crippen LogP contribution in [0.25, 0.3) is 0 Å². The van der Waals surface area contributed by atoms with Gasteiger partial charge in [-0.2, -0.15) is 0 Å². The Morgan fingerprint density at radius 3 is 2.62 bits per heavy atom. The van der Waals surface area contributed by atoms with E-state index in [1.807, 2.05) is 6.92 Å². The van der Waals surface area contributed by atoms with Crippen molar-refractivity contribution >= 4 is 17.7 Å². The maximum absolute atomic E-state index is 11.5. The van der Waals surface area contributed by atoms with E-state index in [0.29, 0.717) is 36.7 Å². The Balaban J connectivity index is 1.94. The molecule has 0 atom stereocenters. The monoisotopic (exact) mass is 291 g/mol. The lowest BCUT2D eigenvalue weighted by atomic mass is 9.82. The standard InChI is InChI=1S/C15H21N3O3/c1-9-6-7-17-14(12(9)13(16)19)18-8-10-2-4-11(5-3-10)15(20)21/h6-7,10-11H,2-5,8H2,1H3,(H2,16,19)(H,17,18)(H,20,21). The van der Waals surface area contributed by atoms with Gasteiger partial charge in [-0.05, 0) is 50.2 Å². The summed E-state index contributed by atoms with van der Waals surface area (Å²) in [5.74, 6) is -0.471. The Hall–Kier alpha value is -2.11. The van der Waals surface area contributed by atoms with Gasteiger partial charge in [-0.1, -0.05) is 0 Å². The molecular formula is C15H21N3O3. The topological polar surface area (TPSA) is 105 Å². The Morgan fingerprint density at radius 2 is 2.05 bits per heavy atom. The van der Waals surface area contributed by atoms with Crippen molar-refractivity contribution in [1.29, 1.82) is 0 Å². The number of carbonyl (C=O) groups is 2. The third-order valence-electron chi connectivity index (χ3n) is 4.16. The molecule has 4 N–H and O–H groups in total. The van der Waals surface area contributed by atoms with Gasteiger partial charge in [0, 0.05) is 12.7 Å². The Kier molecular flexibility index (Phi) is 4.77. The molecule has 0 spiro atoms. The number of carbonyl (C=O) groups excluding carboxylic acids is 1. The van der Waals surface area contributed by atoms with Crippen molar-refractivity contribution in [2.45, 2.75) is 32.6 Å². The van der Waals surface area contributed by atoms with Gasteiger partial charge in [0.15, 0.2) is 0 Å². The van der Waals surface area contributed by atoms with Gasteiger partial charge in [-0.25, -0.2) is 4.98 Å². The molecule has 1 amide bonds. The number of anilines is 1. The number of pyridine rings is 1. The van der Waals surface area contributed by atoms with Crippen LogP contribution < -0.4 is 11.1 Å². The third kappa shape index (κ3) is 3.71. The summed E-state index contributed by atoms with van der Waals surface area (Å²) in [4.78, 5) is 26.6. The fraction of sp³-hybridized carbons (Fsp3) is 0.533. The van der Waals surface area contributed by atoms with E-state index in [9.17, 15) is 9.59 Å². The molecule has 0 aromatic carbocycles. The molecule has 0 bridgehead atoms. The van der Waals surface area contributed by atoms with Gasteiger partial charge in [0.25, 0.3) is 5.91 Å². The Bertz CT molecular complexity index is 537. The lowest BCUT2D eigenvalue weighted by Gasteiger charge is -2.26. The van der Waals surface area contributed by atoms with Crippen LogP contribution in [0.4, 0.5) is 5.82 Å². The molecule has 2 rings (SSSR count). The lowest BCUT2D eigenvalue weighted by Crippen LogP contribution is -2.26. The zero-order valence-electron chi connectivity index (χ0n) is 12.1. The Morgan fingerprint density at radius 1 is 1.38 bits per heavy atom. The predicted molar refractivity (Wildman–Crippen MR) is 79.1 cm³/mol. The quantitative estimate of drug-likeness (QED) is 0.767. The highest BCUT2D eigenvalue weighted by atomic mass is 16.4. The number of nitrogens with zero attached hydrogens (tertiary/aromatic N) is 1. The zero-order chi connectivity index (χ0) is 15.4. The first-order valence-corrected chi connectivity index (χ1v) is 7.21. The van der Waals surface area contributed by atoms with Gasteiger partial charge >= 0.3 is 5.97 Å². The van der Waals surface area contributed by atoms with Crippen molar-refractivity contribution < 1.29 is 14.7 Å². The molecule has 0 saturated heterocycles. The van der Waals surface area contributed by atoms with E-state index in [2.05, 4.69) is 10.3 Å². The number of carboxylic acid groups (broad SMARTS) is 1. The van der Waals surface area contributed by atoms with Crippen LogP contribution in [0.1, 0.15) is 41.6 Å². The van der Waals surface area contributed by atoms with E-state index >= 15 is 0 Å². The van der Waals surface area contributed by atoms with Gasteiger partial charge in [-0.15, -0.1) is 0 Å². The maximum atomic E-state index is 11.5. The third-order valence-corrected chi connectivity index (χ3v) is 4.16. The number of rotatable bonds is 5. The predicted octanol–water partition coefficient (Wildman–Crippen LogP) is 1.79. The maximum Gasteiger partial charge on any atom is 0.306 e. The summed E-state index contributed by atoms with van der Waals surface area (Å²) in [6, 6.07) is 1.75. The SMILES string of the molecule is Cc1ccnc(NCC2CCC(C(=O)O)CC2)c1C(N)=O. The molecule has 0 unspecified atom stereocenters. The second-order valence-corrected chi connectivity index (χ2v) is 5.65. The van der Waals surface area contributed by atoms with Crippen molar-refractivity contribution in [3.8, 4) is 0 Å². The van der Waals surface area contributed by atoms with E-state index in [1.54, 1.807) is 12.3 Å². The Labute approximate surface area is 123 Å². The molecule has 114 valence electrons. The molecule has 1 heterocycles. The molecular weight excluding hydrogens is 270 g/mol. The van der Waals surface area contributed by atoms with E-state index in [1.165, 1.54) is 0 Å². The van der Waals surface area contributed by atoms with Crippen LogP contribution in [0.5, 0.6) is 0 Å². The molecule has 1 aliphatic rings. The van der Waals surface area contributed by atoms with Crippen molar-refractivity contribution in [1.82, 2.24) is 4.98 Å². The van der Waals surface area contributed by atoms with Crippen molar-refractivity contribution in [2.24, 2.45) is 17.6 Å². The summed E-state index contributed by atoms with van der Waals surface area (Å²) >= 11 is 0. The number of nitrogens with two attached hydrogens (primary N) is 1. The molecule has 21 heavy (non-hydrogen) atoms. The molecule has 0 radical (unpaired) electrons. The average molecular weight is 291 g/mol. The van der Waals surface area contributed by atoms with Crippen LogP contribution in [-0.4, -0.2) is 28.5 Å². The summed E-state index contributed by atoms with van der Waals surface area (Å²) in [6.45, 7) is 2.51. The van der Waals surface area contributed by atoms with Crippen molar-refractivity contribution in [2.75, 3.05) is 11.9 Å². The minimum absolute atomic E-state index is 0.209. The van der Waals surface area contributed by atoms with Crippen LogP contribution in [0, 0.1) is 18.8 Å². The molecule has 1 fully saturated rings. The fourth-order valence-electron chi connectivity index (χ4n) is 2.86. The van der Waals surface area contributed by atoms with E-state index < -0.39 is 11.9 Å². The molecule has 6 nitrogen and oxygen atoms in total. The number of aromatic nitrogens is 1. The normalized spacial score (nSPS) is 21.8. The van der Waals surface area contributed by atoms with Gasteiger partial charge < -0.3 is 16.2 Å². The number of amides is 1. The van der Waals surface area contributed by atoms with Crippen LogP contribution in [0.3, 0.4) is 0 Å². The average Bonchev–Trinajstić information content (AvgIpc) is 2.45. The molecule has 1 aromatic heterocycles. The highest BCUT2D eigenvalue weighted by molar-refractivity contribution is 5.98. The molecule has 1 aromatic rings. The first-order chi connectivity index (χ1) is 9.99. The van der Waals surface area contributed by atoms with E-state index in [-0.39, 0.29) is 5.92 Å². The smallest absolute Gasteiger partial charge is 0.306 e. The number of hydrogen-bond acceptors (Lipinski definition) is 4. The number of hydrogen-bond donors (Lipinski definition) is 3. The summed E-state index contributed by atoms with van der Waals surface area (Å²) in [6.07, 6.45) is 4.83. The minimum atomic E-state index is -0.697. The molecule has 0 aliphatic heterocycles. The van der Waals surface area contributed by atoms with Gasteiger partial charge in [0.2, 0.25) is 0 Å². The molecule has 1 aliphatic carbocycles. The van der Waals surface area contributed by atoms with Crippen LogP contribution >= 0.6 is 0 Å².